The van der Waals surface area contributed by atoms with Gasteiger partial charge in [0.25, 0.3) is 0 Å². The summed E-state index contributed by atoms with van der Waals surface area (Å²) in [5, 5.41) is 10.1. The molecule has 3 aromatic carbocycles. The Morgan fingerprint density at radius 3 is 2.57 bits per heavy atom. The van der Waals surface area contributed by atoms with Crippen LogP contribution in [0.1, 0.15) is 53.5 Å². The number of nitrogens with zero attached hydrogens (tertiary/aromatic N) is 3. The number of pyridine rings is 1. The van der Waals surface area contributed by atoms with Gasteiger partial charge in [0.05, 0.1) is 29.4 Å². The van der Waals surface area contributed by atoms with Crippen molar-refractivity contribution in [1.82, 2.24) is 14.5 Å². The number of ether oxygens (including phenoxy) is 2. The van der Waals surface area contributed by atoms with Crippen molar-refractivity contribution in [2.45, 2.75) is 45.8 Å². The zero-order valence-corrected chi connectivity index (χ0v) is 25.0. The van der Waals surface area contributed by atoms with Crippen LogP contribution in [0.3, 0.4) is 0 Å². The molecule has 2 aromatic heterocycles. The summed E-state index contributed by atoms with van der Waals surface area (Å²) in [4.78, 5) is 20.8. The van der Waals surface area contributed by atoms with E-state index in [1.807, 2.05) is 4.57 Å². The second-order valence-corrected chi connectivity index (χ2v) is 11.6. The lowest BCUT2D eigenvalue weighted by Gasteiger charge is -2.17. The van der Waals surface area contributed by atoms with Gasteiger partial charge in [-0.25, -0.2) is 23.5 Å². The fourth-order valence-electron chi connectivity index (χ4n) is 5.48. The minimum absolute atomic E-state index is 0.00305. The first-order valence-electron chi connectivity index (χ1n) is 14.3. The molecule has 1 saturated carbocycles. The number of carboxylic acids is 1. The maximum atomic E-state index is 15.6. The molecule has 1 fully saturated rings. The molecular formula is C34H30ClF2N3O4. The molecule has 2 heterocycles. The van der Waals surface area contributed by atoms with Crippen LogP contribution in [0.15, 0.2) is 66.7 Å². The SMILES string of the molecule is CCC1(Cn2c(Cc3cc(F)c(-c4cccc(OCc5ccc(Cl)cc5OC)n4)cc3F)nc3ccc(C(=O)O)cc32)CC1. The number of aromatic carboxylic acids is 1. The summed E-state index contributed by atoms with van der Waals surface area (Å²) in [6.45, 7) is 2.91. The lowest BCUT2D eigenvalue weighted by molar-refractivity contribution is 0.0697. The first kappa shape index (κ1) is 29.6. The van der Waals surface area contributed by atoms with E-state index in [-0.39, 0.29) is 46.7 Å². The van der Waals surface area contributed by atoms with Crippen LogP contribution in [0.5, 0.6) is 11.6 Å². The standard InChI is InChI=1S/C34H30ClF2N3O4/c1-3-34(11-12-34)19-40-29-14-20(33(41)42)8-10-28(29)38-31(40)15-22-13-26(37)24(17-25(22)36)27-5-4-6-32(39-27)44-18-21-7-9-23(35)16-30(21)43-2/h4-10,13-14,16-17H,3,11-12,15,18-19H2,1-2H3,(H,41,42). The quantitative estimate of drug-likeness (QED) is 0.161. The van der Waals surface area contributed by atoms with Crippen molar-refractivity contribution in [1.29, 1.82) is 0 Å². The van der Waals surface area contributed by atoms with E-state index in [0.717, 1.165) is 30.9 Å². The Balaban J connectivity index is 1.28. The summed E-state index contributed by atoms with van der Waals surface area (Å²) in [5.41, 5.74) is 2.67. The van der Waals surface area contributed by atoms with E-state index in [4.69, 9.17) is 26.1 Å². The molecule has 0 atom stereocenters. The molecule has 5 aromatic rings. The number of methoxy groups -OCH3 is 1. The zero-order chi connectivity index (χ0) is 31.0. The average Bonchev–Trinajstić information content (AvgIpc) is 3.72. The normalized spacial score (nSPS) is 13.7. The first-order valence-corrected chi connectivity index (χ1v) is 14.7. The molecule has 10 heteroatoms. The highest BCUT2D eigenvalue weighted by molar-refractivity contribution is 6.30. The summed E-state index contributed by atoms with van der Waals surface area (Å²) < 4.78 is 44.3. The molecule has 7 nitrogen and oxygen atoms in total. The van der Waals surface area contributed by atoms with Gasteiger partial charge in [-0.1, -0.05) is 30.7 Å². The molecule has 0 radical (unpaired) electrons. The molecule has 1 aliphatic carbocycles. The van der Waals surface area contributed by atoms with E-state index in [1.54, 1.807) is 48.5 Å². The van der Waals surface area contributed by atoms with Crippen LogP contribution in [-0.2, 0) is 19.6 Å². The number of carbonyl (C=O) groups is 1. The van der Waals surface area contributed by atoms with Crippen molar-refractivity contribution < 1.29 is 28.2 Å². The van der Waals surface area contributed by atoms with Gasteiger partial charge in [0.2, 0.25) is 5.88 Å². The summed E-state index contributed by atoms with van der Waals surface area (Å²) >= 11 is 6.04. The van der Waals surface area contributed by atoms with Crippen molar-refractivity contribution in [2.75, 3.05) is 7.11 Å². The number of imidazole rings is 1. The fourth-order valence-corrected chi connectivity index (χ4v) is 5.64. The van der Waals surface area contributed by atoms with Crippen LogP contribution in [0.2, 0.25) is 5.02 Å². The number of hydrogen-bond donors (Lipinski definition) is 1. The first-order chi connectivity index (χ1) is 21.2. The summed E-state index contributed by atoms with van der Waals surface area (Å²) in [5.74, 6) is -0.901. The molecule has 0 saturated heterocycles. The number of benzene rings is 3. The van der Waals surface area contributed by atoms with Crippen LogP contribution < -0.4 is 9.47 Å². The van der Waals surface area contributed by atoms with Gasteiger partial charge in [-0.3, -0.25) is 0 Å². The molecule has 0 aliphatic heterocycles. The van der Waals surface area contributed by atoms with E-state index >= 15 is 8.78 Å². The highest BCUT2D eigenvalue weighted by Crippen LogP contribution is 2.50. The fraction of sp³-hybridized carbons (Fsp3) is 0.265. The number of rotatable bonds is 11. The predicted octanol–water partition coefficient (Wildman–Crippen LogP) is 8.10. The van der Waals surface area contributed by atoms with Crippen LogP contribution in [-0.4, -0.2) is 32.7 Å². The summed E-state index contributed by atoms with van der Waals surface area (Å²) in [6.07, 6.45) is 3.12. The lowest BCUT2D eigenvalue weighted by Crippen LogP contribution is -2.14. The molecule has 0 spiro atoms. The Labute approximate surface area is 258 Å². The largest absolute Gasteiger partial charge is 0.496 e. The van der Waals surface area contributed by atoms with E-state index in [0.29, 0.717) is 34.2 Å². The predicted molar refractivity (Wildman–Crippen MR) is 163 cm³/mol. The summed E-state index contributed by atoms with van der Waals surface area (Å²) in [6, 6.07) is 17.2. The maximum absolute atomic E-state index is 15.6. The van der Waals surface area contributed by atoms with Gasteiger partial charge in [0, 0.05) is 35.2 Å². The van der Waals surface area contributed by atoms with Gasteiger partial charge < -0.3 is 19.1 Å². The number of fused-ring (bicyclic) bond motifs is 1. The zero-order valence-electron chi connectivity index (χ0n) is 24.2. The Morgan fingerprint density at radius 2 is 1.84 bits per heavy atom. The topological polar surface area (TPSA) is 86.5 Å². The van der Waals surface area contributed by atoms with Crippen molar-refractivity contribution in [2.24, 2.45) is 5.41 Å². The van der Waals surface area contributed by atoms with Crippen molar-refractivity contribution >= 4 is 28.6 Å². The van der Waals surface area contributed by atoms with Crippen molar-refractivity contribution in [3.8, 4) is 22.9 Å². The number of aromatic nitrogens is 3. The highest BCUT2D eigenvalue weighted by atomic mass is 35.5. The number of carboxylic acid groups (broad SMARTS) is 1. The maximum Gasteiger partial charge on any atom is 0.335 e. The molecule has 44 heavy (non-hydrogen) atoms. The molecule has 6 rings (SSSR count). The van der Waals surface area contributed by atoms with Gasteiger partial charge in [0.15, 0.2) is 0 Å². The molecule has 0 bridgehead atoms. The third kappa shape index (κ3) is 5.97. The van der Waals surface area contributed by atoms with E-state index in [9.17, 15) is 9.90 Å². The minimum Gasteiger partial charge on any atom is -0.496 e. The van der Waals surface area contributed by atoms with Crippen LogP contribution in [0.4, 0.5) is 8.78 Å². The van der Waals surface area contributed by atoms with Crippen LogP contribution >= 0.6 is 11.6 Å². The van der Waals surface area contributed by atoms with E-state index < -0.39 is 17.6 Å². The van der Waals surface area contributed by atoms with E-state index in [2.05, 4.69) is 11.9 Å². The minimum atomic E-state index is -1.03. The lowest BCUT2D eigenvalue weighted by atomic mass is 10.0. The second kappa shape index (κ2) is 11.9. The van der Waals surface area contributed by atoms with Gasteiger partial charge in [-0.05, 0) is 78.8 Å². The van der Waals surface area contributed by atoms with Gasteiger partial charge >= 0.3 is 5.97 Å². The van der Waals surface area contributed by atoms with Gasteiger partial charge in [-0.2, -0.15) is 0 Å². The van der Waals surface area contributed by atoms with Crippen LogP contribution in [0.25, 0.3) is 22.3 Å². The number of hydrogen-bond acceptors (Lipinski definition) is 5. The van der Waals surface area contributed by atoms with Crippen molar-refractivity contribution in [3.05, 3.63) is 106 Å². The van der Waals surface area contributed by atoms with Gasteiger partial charge in [0.1, 0.15) is 29.8 Å². The Morgan fingerprint density at radius 1 is 1.02 bits per heavy atom. The molecule has 1 aliphatic rings. The Kier molecular flexibility index (Phi) is 7.98. The molecule has 1 N–H and O–H groups in total. The van der Waals surface area contributed by atoms with Gasteiger partial charge in [-0.15, -0.1) is 0 Å². The second-order valence-electron chi connectivity index (χ2n) is 11.2. The molecular weight excluding hydrogens is 588 g/mol. The Hall–Kier alpha value is -4.50. The smallest absolute Gasteiger partial charge is 0.335 e. The Bertz CT molecular complexity index is 1890. The molecule has 0 unspecified atom stereocenters. The van der Waals surface area contributed by atoms with E-state index in [1.165, 1.54) is 19.2 Å². The van der Waals surface area contributed by atoms with Crippen molar-refractivity contribution in [3.63, 3.8) is 0 Å². The van der Waals surface area contributed by atoms with Crippen LogP contribution in [0, 0.1) is 17.0 Å². The molecule has 0 amide bonds. The summed E-state index contributed by atoms with van der Waals surface area (Å²) in [7, 11) is 1.54. The third-order valence-electron chi connectivity index (χ3n) is 8.38. The third-order valence-corrected chi connectivity index (χ3v) is 8.62. The number of halogens is 3. The average molecular weight is 618 g/mol. The monoisotopic (exact) mass is 617 g/mol. The molecule has 226 valence electrons. The highest BCUT2D eigenvalue weighted by Gasteiger charge is 2.41.